The highest BCUT2D eigenvalue weighted by Gasteiger charge is 2.10. The minimum absolute atomic E-state index is 0.0596. The van der Waals surface area contributed by atoms with Crippen molar-refractivity contribution in [3.63, 3.8) is 0 Å². The second kappa shape index (κ2) is 8.19. The number of anilines is 1. The van der Waals surface area contributed by atoms with Crippen molar-refractivity contribution < 1.29 is 4.74 Å². The van der Waals surface area contributed by atoms with Gasteiger partial charge in [0.15, 0.2) is 5.16 Å². The summed E-state index contributed by atoms with van der Waals surface area (Å²) in [7, 11) is 0. The molecule has 1 aromatic heterocycles. The topological polar surface area (TPSA) is 59.9 Å². The number of nitrogens with one attached hydrogen (secondary N) is 1. The lowest BCUT2D eigenvalue weighted by molar-refractivity contribution is 0.219. The minimum Gasteiger partial charge on any atom is -0.461 e. The van der Waals surface area contributed by atoms with Gasteiger partial charge in [0.2, 0.25) is 5.95 Å². The summed E-state index contributed by atoms with van der Waals surface area (Å²) in [5.41, 5.74) is 0. The molecular formula is C13H24N4OS. The Kier molecular flexibility index (Phi) is 6.91. The van der Waals surface area contributed by atoms with Crippen LogP contribution in [0, 0.1) is 5.92 Å². The maximum Gasteiger partial charge on any atom is 0.322 e. The standard InChI is InChI=1S/C13H24N4OS/c1-6-7-14-11-15-12(18-10(4)5)17-13(16-11)19-8-9(2)3/h9-10H,6-8H2,1-5H3,(H,14,15,16,17). The van der Waals surface area contributed by atoms with Gasteiger partial charge in [-0.1, -0.05) is 32.5 Å². The summed E-state index contributed by atoms with van der Waals surface area (Å²) >= 11 is 1.64. The Morgan fingerprint density at radius 1 is 1.16 bits per heavy atom. The Balaban J connectivity index is 2.81. The Morgan fingerprint density at radius 2 is 1.89 bits per heavy atom. The molecule has 0 bridgehead atoms. The van der Waals surface area contributed by atoms with Crippen LogP contribution in [0.5, 0.6) is 6.01 Å². The molecule has 108 valence electrons. The second-order valence-corrected chi connectivity index (χ2v) is 6.01. The lowest BCUT2D eigenvalue weighted by Crippen LogP contribution is -2.12. The largest absolute Gasteiger partial charge is 0.461 e. The summed E-state index contributed by atoms with van der Waals surface area (Å²) in [6, 6.07) is 0.398. The number of rotatable bonds is 8. The van der Waals surface area contributed by atoms with Crippen LogP contribution in [-0.4, -0.2) is 33.4 Å². The van der Waals surface area contributed by atoms with E-state index in [9.17, 15) is 0 Å². The summed E-state index contributed by atoms with van der Waals surface area (Å²) in [5, 5.41) is 3.90. The van der Waals surface area contributed by atoms with E-state index in [-0.39, 0.29) is 6.10 Å². The third-order valence-corrected chi connectivity index (χ3v) is 3.29. The molecule has 6 heteroatoms. The summed E-state index contributed by atoms with van der Waals surface area (Å²) in [6.45, 7) is 11.2. The normalized spacial score (nSPS) is 11.1. The van der Waals surface area contributed by atoms with Gasteiger partial charge in [-0.3, -0.25) is 0 Å². The van der Waals surface area contributed by atoms with Crippen molar-refractivity contribution >= 4 is 17.7 Å². The zero-order valence-corrected chi connectivity index (χ0v) is 13.3. The highest BCUT2D eigenvalue weighted by Crippen LogP contribution is 2.20. The molecule has 19 heavy (non-hydrogen) atoms. The van der Waals surface area contributed by atoms with E-state index in [1.807, 2.05) is 13.8 Å². The SMILES string of the molecule is CCCNc1nc(OC(C)C)nc(SCC(C)C)n1. The first-order valence-corrected chi connectivity index (χ1v) is 7.79. The van der Waals surface area contributed by atoms with Crippen LogP contribution in [0.25, 0.3) is 0 Å². The highest BCUT2D eigenvalue weighted by atomic mass is 32.2. The van der Waals surface area contributed by atoms with Gasteiger partial charge in [0.05, 0.1) is 6.10 Å². The van der Waals surface area contributed by atoms with Crippen molar-refractivity contribution in [3.05, 3.63) is 0 Å². The maximum atomic E-state index is 5.57. The van der Waals surface area contributed by atoms with Gasteiger partial charge in [-0.15, -0.1) is 0 Å². The summed E-state index contributed by atoms with van der Waals surface area (Å²) < 4.78 is 5.57. The van der Waals surface area contributed by atoms with E-state index < -0.39 is 0 Å². The predicted molar refractivity (Wildman–Crippen MR) is 79.9 cm³/mol. The Morgan fingerprint density at radius 3 is 2.47 bits per heavy atom. The molecule has 1 rings (SSSR count). The molecule has 0 radical (unpaired) electrons. The minimum atomic E-state index is 0.0596. The molecule has 0 fully saturated rings. The molecular weight excluding hydrogens is 260 g/mol. The summed E-state index contributed by atoms with van der Waals surface area (Å²) in [4.78, 5) is 13.0. The predicted octanol–water partition coefficient (Wildman–Crippen LogP) is 3.23. The average Bonchev–Trinajstić information content (AvgIpc) is 2.33. The first-order valence-electron chi connectivity index (χ1n) is 6.80. The van der Waals surface area contributed by atoms with Crippen molar-refractivity contribution in [2.24, 2.45) is 5.92 Å². The van der Waals surface area contributed by atoms with Gasteiger partial charge < -0.3 is 10.1 Å². The van der Waals surface area contributed by atoms with Crippen molar-refractivity contribution in [1.29, 1.82) is 0 Å². The first-order chi connectivity index (χ1) is 9.01. The van der Waals surface area contributed by atoms with Gasteiger partial charge in [0, 0.05) is 12.3 Å². The van der Waals surface area contributed by atoms with E-state index in [0.717, 1.165) is 23.9 Å². The highest BCUT2D eigenvalue weighted by molar-refractivity contribution is 7.99. The molecule has 1 N–H and O–H groups in total. The van der Waals surface area contributed by atoms with Crippen LogP contribution < -0.4 is 10.1 Å². The fraction of sp³-hybridized carbons (Fsp3) is 0.769. The van der Waals surface area contributed by atoms with Crippen molar-refractivity contribution in [2.45, 2.75) is 52.3 Å². The lowest BCUT2D eigenvalue weighted by Gasteiger charge is -2.11. The van der Waals surface area contributed by atoms with Gasteiger partial charge in [-0.2, -0.15) is 15.0 Å². The molecule has 0 aliphatic carbocycles. The Hall–Kier alpha value is -1.04. The van der Waals surface area contributed by atoms with Gasteiger partial charge in [0.1, 0.15) is 0 Å². The molecule has 0 atom stereocenters. The molecule has 0 saturated carbocycles. The molecule has 0 aliphatic heterocycles. The van der Waals surface area contributed by atoms with E-state index in [0.29, 0.717) is 17.9 Å². The summed E-state index contributed by atoms with van der Waals surface area (Å²) in [5.74, 6) is 2.18. The average molecular weight is 284 g/mol. The third-order valence-electron chi connectivity index (χ3n) is 2.01. The second-order valence-electron chi connectivity index (χ2n) is 5.02. The molecule has 5 nitrogen and oxygen atoms in total. The van der Waals surface area contributed by atoms with E-state index in [1.165, 1.54) is 0 Å². The van der Waals surface area contributed by atoms with E-state index in [4.69, 9.17) is 4.74 Å². The Labute approximate surface area is 120 Å². The Bertz CT molecular complexity index is 385. The molecule has 0 aromatic carbocycles. The number of thioether (sulfide) groups is 1. The van der Waals surface area contributed by atoms with Crippen LogP contribution in [0.15, 0.2) is 5.16 Å². The number of nitrogens with zero attached hydrogens (tertiary/aromatic N) is 3. The molecule has 0 unspecified atom stereocenters. The van der Waals surface area contributed by atoms with Crippen molar-refractivity contribution in [2.75, 3.05) is 17.6 Å². The monoisotopic (exact) mass is 284 g/mol. The maximum absolute atomic E-state index is 5.57. The van der Waals surface area contributed by atoms with Gasteiger partial charge in [0.25, 0.3) is 0 Å². The zero-order chi connectivity index (χ0) is 14.3. The molecule has 0 aliphatic rings. The van der Waals surface area contributed by atoms with E-state index >= 15 is 0 Å². The number of hydrogen-bond donors (Lipinski definition) is 1. The van der Waals surface area contributed by atoms with Crippen LogP contribution in [0.3, 0.4) is 0 Å². The summed E-state index contributed by atoms with van der Waals surface area (Å²) in [6.07, 6.45) is 1.09. The van der Waals surface area contributed by atoms with Crippen molar-refractivity contribution in [1.82, 2.24) is 15.0 Å². The molecule has 0 spiro atoms. The molecule has 0 saturated heterocycles. The number of ether oxygens (including phenoxy) is 1. The zero-order valence-electron chi connectivity index (χ0n) is 12.4. The van der Waals surface area contributed by atoms with E-state index in [2.05, 4.69) is 41.0 Å². The fourth-order valence-electron chi connectivity index (χ4n) is 1.22. The van der Waals surface area contributed by atoms with Gasteiger partial charge in [-0.25, -0.2) is 0 Å². The van der Waals surface area contributed by atoms with Crippen LogP contribution in [0.1, 0.15) is 41.0 Å². The molecule has 1 aromatic rings. The smallest absolute Gasteiger partial charge is 0.322 e. The van der Waals surface area contributed by atoms with E-state index in [1.54, 1.807) is 11.8 Å². The van der Waals surface area contributed by atoms with Gasteiger partial charge in [-0.05, 0) is 26.2 Å². The quantitative estimate of drug-likeness (QED) is 0.740. The van der Waals surface area contributed by atoms with Crippen LogP contribution in [0.4, 0.5) is 5.95 Å². The first kappa shape index (κ1) is 16.0. The fourth-order valence-corrected chi connectivity index (χ4v) is 2.00. The third kappa shape index (κ3) is 6.61. The van der Waals surface area contributed by atoms with Crippen LogP contribution >= 0.6 is 11.8 Å². The molecule has 1 heterocycles. The molecule has 0 amide bonds. The lowest BCUT2D eigenvalue weighted by atomic mass is 10.3. The number of hydrogen-bond acceptors (Lipinski definition) is 6. The van der Waals surface area contributed by atoms with Crippen molar-refractivity contribution in [3.8, 4) is 6.01 Å². The number of aromatic nitrogens is 3. The van der Waals surface area contributed by atoms with Gasteiger partial charge >= 0.3 is 6.01 Å². The van der Waals surface area contributed by atoms with Crippen LogP contribution in [-0.2, 0) is 0 Å². The van der Waals surface area contributed by atoms with Crippen LogP contribution in [0.2, 0.25) is 0 Å².